The summed E-state index contributed by atoms with van der Waals surface area (Å²) in [6.45, 7) is 3.61. The Kier molecular flexibility index (Phi) is 5.76. The third-order valence-corrected chi connectivity index (χ3v) is 3.51. The average molecular weight is 329 g/mol. The van der Waals surface area contributed by atoms with Crippen molar-refractivity contribution in [1.29, 1.82) is 0 Å². The van der Waals surface area contributed by atoms with Gasteiger partial charge in [0.15, 0.2) is 0 Å². The van der Waals surface area contributed by atoms with Crippen molar-refractivity contribution in [1.82, 2.24) is 4.98 Å². The van der Waals surface area contributed by atoms with E-state index in [4.69, 9.17) is 27.9 Å². The lowest BCUT2D eigenvalue weighted by molar-refractivity contribution is 0.0520. The molecular formula is C15H18Cl2N2O2. The van der Waals surface area contributed by atoms with Crippen LogP contribution in [0.1, 0.15) is 17.4 Å². The topological polar surface area (TPSA) is 45.3 Å². The number of carbonyl (C=O) groups excluding carboxylic acids is 1. The quantitative estimate of drug-likeness (QED) is 0.623. The second-order valence-corrected chi connectivity index (χ2v) is 5.30. The number of halogens is 2. The highest BCUT2D eigenvalue weighted by molar-refractivity contribution is 6.18. The molecular weight excluding hydrogens is 311 g/mol. The van der Waals surface area contributed by atoms with Crippen LogP contribution in [0, 0.1) is 0 Å². The summed E-state index contributed by atoms with van der Waals surface area (Å²) in [4.78, 5) is 16.9. The van der Waals surface area contributed by atoms with Gasteiger partial charge in [0.2, 0.25) is 0 Å². The number of hydrogen-bond acceptors (Lipinski definition) is 3. The minimum atomic E-state index is -0.339. The Labute approximate surface area is 134 Å². The highest BCUT2D eigenvalue weighted by Crippen LogP contribution is 2.23. The van der Waals surface area contributed by atoms with Gasteiger partial charge in [0.25, 0.3) is 0 Å². The van der Waals surface area contributed by atoms with Crippen LogP contribution in [0.15, 0.2) is 24.3 Å². The normalized spacial score (nSPS) is 10.8. The molecule has 6 heteroatoms. The largest absolute Gasteiger partial charge is 0.461 e. The van der Waals surface area contributed by atoms with Gasteiger partial charge >= 0.3 is 5.97 Å². The number of alkyl halides is 2. The molecule has 0 fully saturated rings. The van der Waals surface area contributed by atoms with E-state index >= 15 is 0 Å². The van der Waals surface area contributed by atoms with Gasteiger partial charge in [0.05, 0.1) is 6.61 Å². The number of rotatable bonds is 7. The van der Waals surface area contributed by atoms with Gasteiger partial charge in [0, 0.05) is 41.4 Å². The van der Waals surface area contributed by atoms with Crippen molar-refractivity contribution in [3.63, 3.8) is 0 Å². The summed E-state index contributed by atoms with van der Waals surface area (Å²) in [5.41, 5.74) is 2.40. The Bertz CT molecular complexity index is 607. The van der Waals surface area contributed by atoms with Crippen molar-refractivity contribution in [2.75, 3.05) is 36.4 Å². The van der Waals surface area contributed by atoms with E-state index in [-0.39, 0.29) is 5.97 Å². The molecule has 0 saturated heterocycles. The van der Waals surface area contributed by atoms with Crippen LogP contribution in [0.25, 0.3) is 10.9 Å². The van der Waals surface area contributed by atoms with E-state index in [1.165, 1.54) is 0 Å². The van der Waals surface area contributed by atoms with Crippen molar-refractivity contribution in [3.05, 3.63) is 30.0 Å². The second-order valence-electron chi connectivity index (χ2n) is 4.54. The fourth-order valence-electron chi connectivity index (χ4n) is 2.21. The standard InChI is InChI=1S/C15H18Cl2N2O2/c1-2-21-15(20)14-10-11-9-12(3-4-13(11)18-14)19(7-5-16)8-6-17/h3-4,9-10,18H,2,5-8H2,1H3. The number of nitrogens with zero attached hydrogens (tertiary/aromatic N) is 1. The number of esters is 1. The molecule has 0 saturated carbocycles. The molecule has 114 valence electrons. The highest BCUT2D eigenvalue weighted by atomic mass is 35.5. The van der Waals surface area contributed by atoms with E-state index in [0.29, 0.717) is 24.1 Å². The van der Waals surface area contributed by atoms with Crippen LogP contribution >= 0.6 is 23.2 Å². The van der Waals surface area contributed by atoms with Crippen LogP contribution in [0.4, 0.5) is 5.69 Å². The third-order valence-electron chi connectivity index (χ3n) is 3.17. The zero-order chi connectivity index (χ0) is 15.2. The first kappa shape index (κ1) is 16.0. The van der Waals surface area contributed by atoms with E-state index in [1.807, 2.05) is 18.2 Å². The monoisotopic (exact) mass is 328 g/mol. The van der Waals surface area contributed by atoms with E-state index in [2.05, 4.69) is 9.88 Å². The fraction of sp³-hybridized carbons (Fsp3) is 0.400. The van der Waals surface area contributed by atoms with Crippen molar-refractivity contribution >= 4 is 45.8 Å². The van der Waals surface area contributed by atoms with Gasteiger partial charge in [-0.15, -0.1) is 23.2 Å². The lowest BCUT2D eigenvalue weighted by atomic mass is 10.2. The number of aromatic nitrogens is 1. The molecule has 0 spiro atoms. The highest BCUT2D eigenvalue weighted by Gasteiger charge is 2.12. The van der Waals surface area contributed by atoms with Gasteiger partial charge in [-0.05, 0) is 31.2 Å². The number of fused-ring (bicyclic) bond motifs is 1. The molecule has 1 aromatic carbocycles. The third kappa shape index (κ3) is 3.83. The molecule has 1 aromatic heterocycles. The predicted octanol–water partition coefficient (Wildman–Crippen LogP) is 3.63. The Balaban J connectivity index is 2.30. The molecule has 2 rings (SSSR count). The molecule has 0 bridgehead atoms. The number of hydrogen-bond donors (Lipinski definition) is 1. The Morgan fingerprint density at radius 3 is 2.57 bits per heavy atom. The summed E-state index contributed by atoms with van der Waals surface area (Å²) in [5, 5.41) is 0.963. The van der Waals surface area contributed by atoms with Crippen LogP contribution < -0.4 is 4.90 Å². The second kappa shape index (κ2) is 7.57. The zero-order valence-electron chi connectivity index (χ0n) is 11.9. The summed E-state index contributed by atoms with van der Waals surface area (Å²) >= 11 is 11.7. The molecule has 2 aromatic rings. The Hall–Kier alpha value is -1.39. The first-order valence-corrected chi connectivity index (χ1v) is 7.93. The van der Waals surface area contributed by atoms with Crippen LogP contribution in [0.2, 0.25) is 0 Å². The first-order chi connectivity index (χ1) is 10.2. The summed E-state index contributed by atoms with van der Waals surface area (Å²) in [6.07, 6.45) is 0. The molecule has 0 amide bonds. The van der Waals surface area contributed by atoms with Crippen LogP contribution in [-0.4, -0.2) is 42.4 Å². The van der Waals surface area contributed by atoms with Crippen molar-refractivity contribution in [2.24, 2.45) is 0 Å². The smallest absolute Gasteiger partial charge is 0.354 e. The maximum Gasteiger partial charge on any atom is 0.354 e. The number of aromatic amines is 1. The van der Waals surface area contributed by atoms with Crippen molar-refractivity contribution < 1.29 is 9.53 Å². The van der Waals surface area contributed by atoms with Crippen molar-refractivity contribution in [2.45, 2.75) is 6.92 Å². The van der Waals surface area contributed by atoms with Gasteiger partial charge in [-0.25, -0.2) is 4.79 Å². The first-order valence-electron chi connectivity index (χ1n) is 6.86. The molecule has 1 heterocycles. The minimum absolute atomic E-state index is 0.339. The Morgan fingerprint density at radius 2 is 1.95 bits per heavy atom. The fourth-order valence-corrected chi connectivity index (χ4v) is 2.62. The zero-order valence-corrected chi connectivity index (χ0v) is 13.4. The lowest BCUT2D eigenvalue weighted by Crippen LogP contribution is -2.27. The van der Waals surface area contributed by atoms with Crippen molar-refractivity contribution in [3.8, 4) is 0 Å². The maximum atomic E-state index is 11.7. The van der Waals surface area contributed by atoms with Crippen LogP contribution in [0.5, 0.6) is 0 Å². The number of nitrogens with one attached hydrogen (secondary N) is 1. The number of benzene rings is 1. The van der Waals surface area contributed by atoms with E-state index in [0.717, 1.165) is 29.7 Å². The average Bonchev–Trinajstić information content (AvgIpc) is 2.90. The number of anilines is 1. The summed E-state index contributed by atoms with van der Waals surface area (Å²) < 4.78 is 5.00. The molecule has 0 radical (unpaired) electrons. The molecule has 1 N–H and O–H groups in total. The lowest BCUT2D eigenvalue weighted by Gasteiger charge is -2.22. The summed E-state index contributed by atoms with van der Waals surface area (Å²) in [7, 11) is 0. The molecule has 0 aliphatic rings. The van der Waals surface area contributed by atoms with E-state index < -0.39 is 0 Å². The van der Waals surface area contributed by atoms with Gasteiger partial charge < -0.3 is 14.6 Å². The summed E-state index contributed by atoms with van der Waals surface area (Å²) in [5.74, 6) is 0.736. The van der Waals surface area contributed by atoms with Gasteiger partial charge in [-0.1, -0.05) is 0 Å². The molecule has 0 aliphatic carbocycles. The predicted molar refractivity (Wildman–Crippen MR) is 87.9 cm³/mol. The SMILES string of the molecule is CCOC(=O)c1cc2cc(N(CCCl)CCCl)ccc2[nH]1. The minimum Gasteiger partial charge on any atom is -0.461 e. The molecule has 0 unspecified atom stereocenters. The molecule has 21 heavy (non-hydrogen) atoms. The van der Waals surface area contributed by atoms with Gasteiger partial charge in [0.1, 0.15) is 5.69 Å². The molecule has 4 nitrogen and oxygen atoms in total. The van der Waals surface area contributed by atoms with Gasteiger partial charge in [-0.2, -0.15) is 0 Å². The number of H-pyrrole nitrogens is 1. The summed E-state index contributed by atoms with van der Waals surface area (Å²) in [6, 6.07) is 7.76. The number of ether oxygens (including phenoxy) is 1. The maximum absolute atomic E-state index is 11.7. The van der Waals surface area contributed by atoms with E-state index in [9.17, 15) is 4.79 Å². The van der Waals surface area contributed by atoms with Crippen LogP contribution in [0.3, 0.4) is 0 Å². The van der Waals surface area contributed by atoms with Gasteiger partial charge in [-0.3, -0.25) is 0 Å². The Morgan fingerprint density at radius 1 is 1.24 bits per heavy atom. The molecule has 0 aliphatic heterocycles. The van der Waals surface area contributed by atoms with E-state index in [1.54, 1.807) is 13.0 Å². The molecule has 0 atom stereocenters. The van der Waals surface area contributed by atoms with Crippen LogP contribution in [-0.2, 0) is 4.74 Å². The number of carbonyl (C=O) groups is 1.